The maximum atomic E-state index is 12.9. The number of hydrogen-bond acceptors (Lipinski definition) is 2. The molecule has 0 aliphatic rings. The highest BCUT2D eigenvalue weighted by atomic mass is 16.3. The fourth-order valence-corrected chi connectivity index (χ4v) is 2.94. The maximum absolute atomic E-state index is 12.9. The Bertz CT molecular complexity index is 581. The van der Waals surface area contributed by atoms with E-state index >= 15 is 0 Å². The third-order valence-electron chi connectivity index (χ3n) is 4.37. The summed E-state index contributed by atoms with van der Waals surface area (Å²) in [7, 11) is 0. The number of phenolic OH excluding ortho intramolecular Hbond substituents is 1. The van der Waals surface area contributed by atoms with Gasteiger partial charge in [0.05, 0.1) is 5.41 Å². The highest BCUT2D eigenvalue weighted by Gasteiger charge is 2.35. The normalized spacial score (nSPS) is 11.3. The Morgan fingerprint density at radius 3 is 2.05 bits per heavy atom. The summed E-state index contributed by atoms with van der Waals surface area (Å²) < 4.78 is 0. The van der Waals surface area contributed by atoms with E-state index in [-0.39, 0.29) is 11.5 Å². The highest BCUT2D eigenvalue weighted by molar-refractivity contribution is 5.91. The van der Waals surface area contributed by atoms with Crippen LogP contribution in [0.15, 0.2) is 54.6 Å². The fraction of sp³-hybridized carbons (Fsp3) is 0.316. The molecule has 21 heavy (non-hydrogen) atoms. The molecule has 2 aromatic carbocycles. The van der Waals surface area contributed by atoms with Crippen molar-refractivity contribution in [1.29, 1.82) is 0 Å². The van der Waals surface area contributed by atoms with Crippen molar-refractivity contribution in [3.8, 4) is 5.75 Å². The third kappa shape index (κ3) is 3.15. The molecule has 1 N–H and O–H groups in total. The minimum absolute atomic E-state index is 0.228. The molecule has 110 valence electrons. The van der Waals surface area contributed by atoms with Crippen LogP contribution < -0.4 is 0 Å². The molecule has 0 aliphatic heterocycles. The molecule has 0 heterocycles. The maximum Gasteiger partial charge on any atom is 0.147 e. The zero-order valence-electron chi connectivity index (χ0n) is 12.7. The number of aromatic hydroxyl groups is 1. The molecule has 2 aromatic rings. The molecule has 0 atom stereocenters. The lowest BCUT2D eigenvalue weighted by molar-refractivity contribution is -0.124. The number of ketones is 1. The van der Waals surface area contributed by atoms with E-state index in [9.17, 15) is 9.90 Å². The Morgan fingerprint density at radius 1 is 0.952 bits per heavy atom. The summed E-state index contributed by atoms with van der Waals surface area (Å²) in [5, 5.41) is 9.34. The SMILES string of the molecule is CCC(CC)(C(=O)Cc1ccc(O)cc1)c1ccccc1. The molecule has 0 radical (unpaired) electrons. The van der Waals surface area contributed by atoms with E-state index in [2.05, 4.69) is 13.8 Å². The van der Waals surface area contributed by atoms with Crippen LogP contribution in [-0.2, 0) is 16.6 Å². The van der Waals surface area contributed by atoms with Gasteiger partial charge in [0.25, 0.3) is 0 Å². The average molecular weight is 282 g/mol. The summed E-state index contributed by atoms with van der Waals surface area (Å²) in [5.74, 6) is 0.468. The molecular formula is C19H22O2. The zero-order valence-corrected chi connectivity index (χ0v) is 12.7. The van der Waals surface area contributed by atoms with Crippen LogP contribution in [0, 0.1) is 0 Å². The predicted molar refractivity (Wildman–Crippen MR) is 85.5 cm³/mol. The van der Waals surface area contributed by atoms with Gasteiger partial charge in [-0.25, -0.2) is 0 Å². The lowest BCUT2D eigenvalue weighted by Gasteiger charge is -2.31. The van der Waals surface area contributed by atoms with Crippen LogP contribution in [0.4, 0.5) is 0 Å². The predicted octanol–water partition coefficient (Wildman–Crippen LogP) is 4.26. The second-order valence-corrected chi connectivity index (χ2v) is 5.42. The molecule has 2 heteroatoms. The summed E-state index contributed by atoms with van der Waals surface area (Å²) >= 11 is 0. The molecule has 0 spiro atoms. The van der Waals surface area contributed by atoms with Gasteiger partial charge in [-0.3, -0.25) is 4.79 Å². The van der Waals surface area contributed by atoms with E-state index in [0.29, 0.717) is 6.42 Å². The van der Waals surface area contributed by atoms with Gasteiger partial charge >= 0.3 is 0 Å². The number of carbonyl (C=O) groups is 1. The van der Waals surface area contributed by atoms with E-state index in [1.807, 2.05) is 42.5 Å². The summed E-state index contributed by atoms with van der Waals surface area (Å²) in [6, 6.07) is 16.9. The average Bonchev–Trinajstić information content (AvgIpc) is 2.52. The van der Waals surface area contributed by atoms with E-state index in [1.54, 1.807) is 12.1 Å². The first-order valence-corrected chi connectivity index (χ1v) is 7.49. The summed E-state index contributed by atoms with van der Waals surface area (Å²) in [6.45, 7) is 4.15. The Labute approximate surface area is 126 Å². The Kier molecular flexibility index (Phi) is 4.79. The molecule has 2 nitrogen and oxygen atoms in total. The van der Waals surface area contributed by atoms with Crippen molar-refractivity contribution >= 4 is 5.78 Å². The largest absolute Gasteiger partial charge is 0.508 e. The quantitative estimate of drug-likeness (QED) is 0.859. The van der Waals surface area contributed by atoms with Gasteiger partial charge in [0.1, 0.15) is 11.5 Å². The molecule has 0 saturated carbocycles. The lowest BCUT2D eigenvalue weighted by Crippen LogP contribution is -2.36. The van der Waals surface area contributed by atoms with Crippen molar-refractivity contribution in [1.82, 2.24) is 0 Å². The second kappa shape index (κ2) is 6.57. The van der Waals surface area contributed by atoms with Crippen molar-refractivity contribution in [2.75, 3.05) is 0 Å². The minimum atomic E-state index is -0.418. The minimum Gasteiger partial charge on any atom is -0.508 e. The van der Waals surface area contributed by atoms with Gasteiger partial charge in [-0.05, 0) is 36.1 Å². The molecule has 0 aromatic heterocycles. The Morgan fingerprint density at radius 2 is 1.52 bits per heavy atom. The van der Waals surface area contributed by atoms with Gasteiger partial charge in [-0.15, -0.1) is 0 Å². The van der Waals surface area contributed by atoms with Gasteiger partial charge in [0, 0.05) is 6.42 Å². The molecule has 0 fully saturated rings. The Balaban J connectivity index is 2.30. The van der Waals surface area contributed by atoms with Crippen molar-refractivity contribution < 1.29 is 9.90 Å². The Hall–Kier alpha value is -2.09. The number of rotatable bonds is 6. The standard InChI is InChI=1S/C19H22O2/c1-3-19(4-2,16-8-6-5-7-9-16)18(21)14-15-10-12-17(20)13-11-15/h5-13,20H,3-4,14H2,1-2H3. The van der Waals surface area contributed by atoms with E-state index < -0.39 is 5.41 Å². The lowest BCUT2D eigenvalue weighted by atomic mass is 9.71. The summed E-state index contributed by atoms with van der Waals surface area (Å²) in [6.07, 6.45) is 1.99. The monoisotopic (exact) mass is 282 g/mol. The second-order valence-electron chi connectivity index (χ2n) is 5.42. The van der Waals surface area contributed by atoms with Gasteiger partial charge in [-0.1, -0.05) is 56.3 Å². The molecule has 0 aliphatic carbocycles. The first-order valence-electron chi connectivity index (χ1n) is 7.49. The van der Waals surface area contributed by atoms with Gasteiger partial charge in [-0.2, -0.15) is 0 Å². The van der Waals surface area contributed by atoms with E-state index in [0.717, 1.165) is 24.0 Å². The van der Waals surface area contributed by atoms with Crippen LogP contribution in [0.2, 0.25) is 0 Å². The molecule has 2 rings (SSSR count). The molecule has 0 saturated heterocycles. The van der Waals surface area contributed by atoms with Gasteiger partial charge in [0.2, 0.25) is 0 Å². The van der Waals surface area contributed by atoms with Crippen LogP contribution in [0.1, 0.15) is 37.8 Å². The van der Waals surface area contributed by atoms with Crippen LogP contribution >= 0.6 is 0 Å². The number of hydrogen-bond donors (Lipinski definition) is 1. The summed E-state index contributed by atoms with van der Waals surface area (Å²) in [4.78, 5) is 12.9. The first-order chi connectivity index (χ1) is 10.1. The molecule has 0 unspecified atom stereocenters. The number of benzene rings is 2. The van der Waals surface area contributed by atoms with E-state index in [4.69, 9.17) is 0 Å². The topological polar surface area (TPSA) is 37.3 Å². The van der Waals surface area contributed by atoms with Crippen LogP contribution in [0.25, 0.3) is 0 Å². The van der Waals surface area contributed by atoms with Crippen LogP contribution in [0.3, 0.4) is 0 Å². The van der Waals surface area contributed by atoms with Crippen LogP contribution in [-0.4, -0.2) is 10.9 Å². The molecule has 0 amide bonds. The number of phenols is 1. The van der Waals surface area contributed by atoms with Gasteiger partial charge < -0.3 is 5.11 Å². The van der Waals surface area contributed by atoms with Crippen molar-refractivity contribution in [2.24, 2.45) is 0 Å². The third-order valence-corrected chi connectivity index (χ3v) is 4.37. The number of carbonyl (C=O) groups excluding carboxylic acids is 1. The smallest absolute Gasteiger partial charge is 0.147 e. The first kappa shape index (κ1) is 15.3. The van der Waals surface area contributed by atoms with Crippen molar-refractivity contribution in [3.63, 3.8) is 0 Å². The highest BCUT2D eigenvalue weighted by Crippen LogP contribution is 2.33. The fourth-order valence-electron chi connectivity index (χ4n) is 2.94. The van der Waals surface area contributed by atoms with Gasteiger partial charge in [0.15, 0.2) is 0 Å². The zero-order chi connectivity index (χ0) is 15.3. The van der Waals surface area contributed by atoms with Crippen LogP contribution in [0.5, 0.6) is 5.75 Å². The number of Topliss-reactive ketones (excluding diaryl/α,β-unsaturated/α-hetero) is 1. The summed E-state index contributed by atoms with van der Waals surface area (Å²) in [5.41, 5.74) is 1.62. The van der Waals surface area contributed by atoms with Crippen molar-refractivity contribution in [2.45, 2.75) is 38.5 Å². The molecule has 0 bridgehead atoms. The van der Waals surface area contributed by atoms with Crippen molar-refractivity contribution in [3.05, 3.63) is 65.7 Å². The van der Waals surface area contributed by atoms with E-state index in [1.165, 1.54) is 0 Å². The molecular weight excluding hydrogens is 260 g/mol.